The van der Waals surface area contributed by atoms with E-state index in [1.54, 1.807) is 23.9 Å². The van der Waals surface area contributed by atoms with Crippen molar-refractivity contribution in [1.82, 2.24) is 9.62 Å². The predicted octanol–water partition coefficient (Wildman–Crippen LogP) is 2.11. The van der Waals surface area contributed by atoms with Crippen LogP contribution in [0.1, 0.15) is 37.3 Å². The zero-order chi connectivity index (χ0) is 19.0. The average molecular weight is 396 g/mol. The van der Waals surface area contributed by atoms with Crippen molar-refractivity contribution in [2.75, 3.05) is 24.6 Å². The second-order valence-corrected chi connectivity index (χ2v) is 9.25. The van der Waals surface area contributed by atoms with E-state index in [1.807, 2.05) is 24.0 Å². The molecule has 1 N–H and O–H groups in total. The first-order chi connectivity index (χ1) is 12.4. The Hall–Kier alpha value is -1.56. The molecule has 0 aromatic heterocycles. The number of hydrogen-bond donors (Lipinski definition) is 1. The lowest BCUT2D eigenvalue weighted by atomic mass is 10.1. The number of carbonyl (C=O) groups excluding carboxylic acids is 1. The van der Waals surface area contributed by atoms with Crippen LogP contribution in [0.5, 0.6) is 0 Å². The van der Waals surface area contributed by atoms with Gasteiger partial charge in [0.15, 0.2) is 0 Å². The molecule has 1 aliphatic rings. The number of nitrogens with one attached hydrogen (secondary N) is 1. The highest BCUT2D eigenvalue weighted by atomic mass is 32.2. The molecule has 0 saturated carbocycles. The van der Waals surface area contributed by atoms with E-state index in [4.69, 9.17) is 5.26 Å². The fourth-order valence-electron chi connectivity index (χ4n) is 2.85. The van der Waals surface area contributed by atoms with Crippen LogP contribution in [0, 0.1) is 11.3 Å². The highest BCUT2D eigenvalue weighted by molar-refractivity contribution is 7.99. The summed E-state index contributed by atoms with van der Waals surface area (Å²) < 4.78 is 26.4. The smallest absolute Gasteiger partial charge is 0.232 e. The van der Waals surface area contributed by atoms with Gasteiger partial charge in [0.1, 0.15) is 0 Å². The van der Waals surface area contributed by atoms with Gasteiger partial charge in [0.25, 0.3) is 0 Å². The minimum Gasteiger partial charge on any atom is -0.342 e. The van der Waals surface area contributed by atoms with E-state index >= 15 is 0 Å². The van der Waals surface area contributed by atoms with Crippen molar-refractivity contribution in [3.8, 4) is 6.07 Å². The van der Waals surface area contributed by atoms with Crippen LogP contribution in [0.4, 0.5) is 0 Å². The van der Waals surface area contributed by atoms with Crippen LogP contribution in [-0.2, 0) is 20.6 Å². The summed E-state index contributed by atoms with van der Waals surface area (Å²) in [4.78, 5) is 14.1. The maximum absolute atomic E-state index is 12.3. The molecule has 1 aliphatic heterocycles. The molecule has 1 heterocycles. The second kappa shape index (κ2) is 9.95. The van der Waals surface area contributed by atoms with Crippen molar-refractivity contribution in [3.63, 3.8) is 0 Å². The van der Waals surface area contributed by atoms with E-state index in [-0.39, 0.29) is 17.7 Å². The monoisotopic (exact) mass is 395 g/mol. The summed E-state index contributed by atoms with van der Waals surface area (Å²) in [6, 6.07) is 9.39. The molecule has 6 nitrogen and oxygen atoms in total. The number of sulfonamides is 1. The van der Waals surface area contributed by atoms with Gasteiger partial charge >= 0.3 is 0 Å². The van der Waals surface area contributed by atoms with Gasteiger partial charge in [-0.05, 0) is 37.0 Å². The molecule has 1 aromatic rings. The summed E-state index contributed by atoms with van der Waals surface area (Å²) in [5.41, 5.74) is 1.72. The number of nitriles is 1. The maximum atomic E-state index is 12.3. The predicted molar refractivity (Wildman–Crippen MR) is 104 cm³/mol. The number of amides is 1. The van der Waals surface area contributed by atoms with Gasteiger partial charge in [-0.25, -0.2) is 13.1 Å². The van der Waals surface area contributed by atoms with E-state index in [9.17, 15) is 13.2 Å². The Morgan fingerprint density at radius 1 is 1.31 bits per heavy atom. The molecule has 142 valence electrons. The molecular weight excluding hydrogens is 370 g/mol. The van der Waals surface area contributed by atoms with Gasteiger partial charge in [-0.1, -0.05) is 19.1 Å². The highest BCUT2D eigenvalue weighted by Crippen LogP contribution is 2.16. The van der Waals surface area contributed by atoms with E-state index in [1.165, 1.54) is 0 Å². The van der Waals surface area contributed by atoms with Gasteiger partial charge in [-0.15, -0.1) is 11.8 Å². The molecule has 1 fully saturated rings. The van der Waals surface area contributed by atoms with Crippen molar-refractivity contribution < 1.29 is 13.2 Å². The summed E-state index contributed by atoms with van der Waals surface area (Å²) in [5, 5.41) is 8.79. The number of thioether (sulfide) groups is 1. The summed E-state index contributed by atoms with van der Waals surface area (Å²) in [5.74, 6) is 1.38. The van der Waals surface area contributed by atoms with Crippen LogP contribution < -0.4 is 4.72 Å². The Morgan fingerprint density at radius 2 is 1.96 bits per heavy atom. The van der Waals surface area contributed by atoms with Gasteiger partial charge in [0.05, 0.1) is 23.1 Å². The van der Waals surface area contributed by atoms with E-state index in [0.717, 1.165) is 11.3 Å². The van der Waals surface area contributed by atoms with E-state index in [2.05, 4.69) is 10.8 Å². The van der Waals surface area contributed by atoms with E-state index < -0.39 is 10.0 Å². The third-order valence-corrected chi connectivity index (χ3v) is 6.87. The van der Waals surface area contributed by atoms with Gasteiger partial charge in [-0.2, -0.15) is 5.26 Å². The Kier molecular flexibility index (Phi) is 7.94. The molecule has 8 heteroatoms. The van der Waals surface area contributed by atoms with Crippen LogP contribution in [0.25, 0.3) is 0 Å². The Morgan fingerprint density at radius 3 is 2.54 bits per heavy atom. The fourth-order valence-corrected chi connectivity index (χ4v) is 5.14. The Balaban J connectivity index is 1.70. The number of hydrogen-bond acceptors (Lipinski definition) is 5. The highest BCUT2D eigenvalue weighted by Gasteiger charge is 2.25. The molecule has 0 unspecified atom stereocenters. The lowest BCUT2D eigenvalue weighted by Gasteiger charge is -2.32. The van der Waals surface area contributed by atoms with Gasteiger partial charge in [-0.3, -0.25) is 4.79 Å². The van der Waals surface area contributed by atoms with Crippen LogP contribution >= 0.6 is 11.8 Å². The summed E-state index contributed by atoms with van der Waals surface area (Å²) in [7, 11) is -3.20. The molecule has 26 heavy (non-hydrogen) atoms. The molecular formula is C18H25N3O3S2. The van der Waals surface area contributed by atoms with Crippen LogP contribution in [0.3, 0.4) is 0 Å². The molecule has 0 aliphatic carbocycles. The van der Waals surface area contributed by atoms with Crippen LogP contribution in [-0.4, -0.2) is 49.9 Å². The molecule has 0 spiro atoms. The maximum Gasteiger partial charge on any atom is 0.232 e. The van der Waals surface area contributed by atoms with Crippen LogP contribution in [0.2, 0.25) is 0 Å². The number of nitrogens with zero attached hydrogens (tertiary/aromatic N) is 2. The first-order valence-corrected chi connectivity index (χ1v) is 11.6. The zero-order valence-electron chi connectivity index (χ0n) is 15.0. The molecule has 2 rings (SSSR count). The van der Waals surface area contributed by atoms with Crippen molar-refractivity contribution in [3.05, 3.63) is 35.4 Å². The lowest BCUT2D eigenvalue weighted by molar-refractivity contribution is -0.129. The minimum atomic E-state index is -3.20. The third-order valence-electron chi connectivity index (χ3n) is 4.24. The minimum absolute atomic E-state index is 0.0677. The van der Waals surface area contributed by atoms with Crippen LogP contribution in [0.15, 0.2) is 24.3 Å². The summed E-state index contributed by atoms with van der Waals surface area (Å²) in [6.45, 7) is 3.03. The number of benzene rings is 1. The Labute approximate surface area is 160 Å². The standard InChI is InChI=1S/C18H25N3O3S2/c1-2-11-26(23,24)20-17-7-9-21(10-8-17)18(22)14-25-13-16-5-3-15(12-19)4-6-16/h3-6,17,20H,2,7-11,13-14H2,1H3. The van der Waals surface area contributed by atoms with Gasteiger partial charge in [0, 0.05) is 24.9 Å². The topological polar surface area (TPSA) is 90.3 Å². The summed E-state index contributed by atoms with van der Waals surface area (Å²) in [6.07, 6.45) is 1.92. The number of piperidine rings is 1. The summed E-state index contributed by atoms with van der Waals surface area (Å²) >= 11 is 1.55. The second-order valence-electron chi connectivity index (χ2n) is 6.39. The molecule has 0 radical (unpaired) electrons. The molecule has 1 amide bonds. The molecule has 0 atom stereocenters. The number of carbonyl (C=O) groups is 1. The lowest BCUT2D eigenvalue weighted by Crippen LogP contribution is -2.47. The SMILES string of the molecule is CCCS(=O)(=O)NC1CCN(C(=O)CSCc2ccc(C#N)cc2)CC1. The Bertz CT molecular complexity index is 734. The molecule has 1 aromatic carbocycles. The normalized spacial score (nSPS) is 15.6. The largest absolute Gasteiger partial charge is 0.342 e. The van der Waals surface area contributed by atoms with Gasteiger partial charge in [0.2, 0.25) is 15.9 Å². The van der Waals surface area contributed by atoms with Crippen molar-refractivity contribution >= 4 is 27.7 Å². The molecule has 0 bridgehead atoms. The number of likely N-dealkylation sites (tertiary alicyclic amines) is 1. The average Bonchev–Trinajstić information content (AvgIpc) is 2.62. The van der Waals surface area contributed by atoms with Gasteiger partial charge < -0.3 is 4.90 Å². The van der Waals surface area contributed by atoms with Crippen molar-refractivity contribution in [2.45, 2.75) is 38.0 Å². The van der Waals surface area contributed by atoms with Crippen molar-refractivity contribution in [1.29, 1.82) is 5.26 Å². The quantitative estimate of drug-likeness (QED) is 0.728. The van der Waals surface area contributed by atoms with E-state index in [0.29, 0.717) is 43.7 Å². The number of rotatable bonds is 8. The fraction of sp³-hybridized carbons (Fsp3) is 0.556. The zero-order valence-corrected chi connectivity index (χ0v) is 16.6. The van der Waals surface area contributed by atoms with Crippen molar-refractivity contribution in [2.24, 2.45) is 0 Å². The molecule has 1 saturated heterocycles. The first kappa shape index (κ1) is 20.7. The third kappa shape index (κ3) is 6.63. The first-order valence-electron chi connectivity index (χ1n) is 8.78.